The minimum absolute atomic E-state index is 0.149. The highest BCUT2D eigenvalue weighted by molar-refractivity contribution is 7.20. The van der Waals surface area contributed by atoms with E-state index in [1.807, 2.05) is 0 Å². The third-order valence-corrected chi connectivity index (χ3v) is 6.21. The van der Waals surface area contributed by atoms with Crippen LogP contribution in [0.2, 0.25) is 0 Å². The van der Waals surface area contributed by atoms with Crippen molar-refractivity contribution in [3.05, 3.63) is 22.6 Å². The Labute approximate surface area is 118 Å². The molecule has 1 N–H and O–H groups in total. The van der Waals surface area contributed by atoms with E-state index in [1.54, 1.807) is 0 Å². The predicted molar refractivity (Wildman–Crippen MR) is 74.0 cm³/mol. The van der Waals surface area contributed by atoms with Crippen molar-refractivity contribution in [1.29, 1.82) is 0 Å². The molecule has 0 amide bonds. The highest BCUT2D eigenvalue weighted by atomic mass is 32.1. The average Bonchev–Trinajstić information content (AvgIpc) is 3.11. The Kier molecular flexibility index (Phi) is 2.01. The van der Waals surface area contributed by atoms with Crippen molar-refractivity contribution in [2.45, 2.75) is 25.0 Å². The van der Waals surface area contributed by atoms with Crippen LogP contribution in [0.15, 0.2) is 17.1 Å². The molecular formula is C13H14N4O2S. The fourth-order valence-corrected chi connectivity index (χ4v) is 5.42. The molecule has 2 aromatic rings. The van der Waals surface area contributed by atoms with Gasteiger partial charge in [0.2, 0.25) is 10.1 Å². The second-order valence-corrected chi connectivity index (χ2v) is 7.09. The van der Waals surface area contributed by atoms with Gasteiger partial charge >= 0.3 is 0 Å². The molecular weight excluding hydrogens is 276 g/mol. The van der Waals surface area contributed by atoms with Crippen molar-refractivity contribution in [3.8, 4) is 0 Å². The molecule has 2 aliphatic carbocycles. The van der Waals surface area contributed by atoms with Crippen LogP contribution in [0.5, 0.6) is 0 Å². The van der Waals surface area contributed by atoms with Crippen LogP contribution in [0.25, 0.3) is 4.96 Å². The van der Waals surface area contributed by atoms with Gasteiger partial charge in [-0.1, -0.05) is 11.3 Å². The van der Waals surface area contributed by atoms with Gasteiger partial charge in [0.05, 0.1) is 12.1 Å². The molecule has 1 saturated heterocycles. The number of aromatic nitrogens is 3. The van der Waals surface area contributed by atoms with Crippen LogP contribution in [0, 0.1) is 17.8 Å². The SMILES string of the molecule is O=c1ccnc2sc(N3CC4CC5CC4C3C5O)nn12. The maximum Gasteiger partial charge on any atom is 0.275 e. The minimum atomic E-state index is -0.240. The molecule has 0 spiro atoms. The summed E-state index contributed by atoms with van der Waals surface area (Å²) >= 11 is 1.44. The molecule has 1 aliphatic heterocycles. The molecule has 2 saturated carbocycles. The van der Waals surface area contributed by atoms with Crippen molar-refractivity contribution >= 4 is 21.4 Å². The van der Waals surface area contributed by atoms with Crippen molar-refractivity contribution in [3.63, 3.8) is 0 Å². The van der Waals surface area contributed by atoms with Gasteiger partial charge in [-0.25, -0.2) is 4.98 Å². The molecule has 104 valence electrons. The van der Waals surface area contributed by atoms with Crippen LogP contribution < -0.4 is 10.5 Å². The van der Waals surface area contributed by atoms with E-state index in [0.29, 0.717) is 22.7 Å². The second kappa shape index (κ2) is 3.59. The number of nitrogens with zero attached hydrogens (tertiary/aromatic N) is 4. The first-order valence-corrected chi connectivity index (χ1v) is 7.83. The first kappa shape index (κ1) is 11.2. The van der Waals surface area contributed by atoms with E-state index >= 15 is 0 Å². The predicted octanol–water partition coefficient (Wildman–Crippen LogP) is 0.356. The summed E-state index contributed by atoms with van der Waals surface area (Å²) in [7, 11) is 0. The molecule has 3 fully saturated rings. The Hall–Kier alpha value is -1.47. The van der Waals surface area contributed by atoms with E-state index in [1.165, 1.54) is 28.1 Å². The molecule has 7 heteroatoms. The van der Waals surface area contributed by atoms with Crippen LogP contribution in [0.1, 0.15) is 12.8 Å². The molecule has 6 nitrogen and oxygen atoms in total. The summed E-state index contributed by atoms with van der Waals surface area (Å²) in [5, 5.41) is 15.7. The maximum atomic E-state index is 11.8. The molecule has 2 bridgehead atoms. The van der Waals surface area contributed by atoms with E-state index in [0.717, 1.165) is 24.5 Å². The lowest BCUT2D eigenvalue weighted by atomic mass is 9.88. The summed E-state index contributed by atoms with van der Waals surface area (Å²) in [6.45, 7) is 0.956. The van der Waals surface area contributed by atoms with Gasteiger partial charge in [0, 0.05) is 18.8 Å². The van der Waals surface area contributed by atoms with Gasteiger partial charge in [0.1, 0.15) is 0 Å². The smallest absolute Gasteiger partial charge is 0.275 e. The molecule has 3 aliphatic rings. The van der Waals surface area contributed by atoms with Crippen molar-refractivity contribution in [2.75, 3.05) is 11.4 Å². The van der Waals surface area contributed by atoms with E-state index in [2.05, 4.69) is 15.0 Å². The van der Waals surface area contributed by atoms with Crippen LogP contribution in [-0.2, 0) is 0 Å². The van der Waals surface area contributed by atoms with Crippen molar-refractivity contribution in [2.24, 2.45) is 17.8 Å². The molecule has 20 heavy (non-hydrogen) atoms. The molecule has 2 aromatic heterocycles. The lowest BCUT2D eigenvalue weighted by Gasteiger charge is -2.28. The zero-order valence-corrected chi connectivity index (χ0v) is 11.5. The first-order valence-electron chi connectivity index (χ1n) is 7.02. The minimum Gasteiger partial charge on any atom is -0.391 e. The fraction of sp³-hybridized carbons (Fsp3) is 0.615. The number of anilines is 1. The van der Waals surface area contributed by atoms with E-state index in [4.69, 9.17) is 0 Å². The Bertz CT molecular complexity index is 754. The van der Waals surface area contributed by atoms with E-state index in [9.17, 15) is 9.90 Å². The number of hydrogen-bond acceptors (Lipinski definition) is 6. The third-order valence-electron chi connectivity index (χ3n) is 5.25. The third kappa shape index (κ3) is 1.25. The fourth-order valence-electron chi connectivity index (χ4n) is 4.49. The molecule has 3 heterocycles. The second-order valence-electron chi connectivity index (χ2n) is 6.15. The van der Waals surface area contributed by atoms with Crippen molar-refractivity contribution < 1.29 is 5.11 Å². The summed E-state index contributed by atoms with van der Waals surface area (Å²) in [5.74, 6) is 1.76. The summed E-state index contributed by atoms with van der Waals surface area (Å²) in [5.41, 5.74) is -0.149. The standard InChI is InChI=1S/C13H14N4O2S/c18-9-1-2-14-12-17(9)15-13(20-12)16-5-7-3-6-4-8(7)10(16)11(6)19/h1-2,6-8,10-11,19H,3-5H2. The molecule has 5 atom stereocenters. The van der Waals surface area contributed by atoms with E-state index < -0.39 is 0 Å². The first-order chi connectivity index (χ1) is 9.72. The molecule has 5 rings (SSSR count). The van der Waals surface area contributed by atoms with Crippen LogP contribution >= 0.6 is 11.3 Å². The Morgan fingerprint density at radius 1 is 1.35 bits per heavy atom. The van der Waals surface area contributed by atoms with Crippen molar-refractivity contribution in [1.82, 2.24) is 14.6 Å². The van der Waals surface area contributed by atoms with Gasteiger partial charge in [-0.2, -0.15) is 4.52 Å². The van der Waals surface area contributed by atoms with Crippen LogP contribution in [0.4, 0.5) is 5.13 Å². The zero-order valence-electron chi connectivity index (χ0n) is 10.7. The normalized spacial score (nSPS) is 38.2. The van der Waals surface area contributed by atoms with Gasteiger partial charge in [-0.15, -0.1) is 5.10 Å². The quantitative estimate of drug-likeness (QED) is 0.821. The number of fused-ring (bicyclic) bond motifs is 2. The average molecular weight is 290 g/mol. The number of aliphatic hydroxyl groups is 1. The topological polar surface area (TPSA) is 70.7 Å². The highest BCUT2D eigenvalue weighted by Crippen LogP contribution is 2.55. The summed E-state index contributed by atoms with van der Waals surface area (Å²) in [6.07, 6.45) is 3.57. The summed E-state index contributed by atoms with van der Waals surface area (Å²) in [4.78, 5) is 18.8. The van der Waals surface area contributed by atoms with Crippen LogP contribution in [0.3, 0.4) is 0 Å². The molecule has 5 unspecified atom stereocenters. The Morgan fingerprint density at radius 3 is 3.05 bits per heavy atom. The summed E-state index contributed by atoms with van der Waals surface area (Å²) in [6, 6.07) is 1.61. The molecule has 0 radical (unpaired) electrons. The highest BCUT2D eigenvalue weighted by Gasteiger charge is 2.59. The van der Waals surface area contributed by atoms with Gasteiger partial charge in [0.25, 0.3) is 5.56 Å². The summed E-state index contributed by atoms with van der Waals surface area (Å²) < 4.78 is 1.36. The largest absolute Gasteiger partial charge is 0.391 e. The van der Waals surface area contributed by atoms with Gasteiger partial charge in [-0.05, 0) is 30.6 Å². The van der Waals surface area contributed by atoms with Gasteiger partial charge in [-0.3, -0.25) is 4.79 Å². The lowest BCUT2D eigenvalue weighted by molar-refractivity contribution is 0.0966. The van der Waals surface area contributed by atoms with E-state index in [-0.39, 0.29) is 17.7 Å². The van der Waals surface area contributed by atoms with Crippen LogP contribution in [-0.4, -0.2) is 38.4 Å². The zero-order chi connectivity index (χ0) is 13.4. The maximum absolute atomic E-state index is 11.8. The Morgan fingerprint density at radius 2 is 2.25 bits per heavy atom. The number of rotatable bonds is 1. The monoisotopic (exact) mass is 290 g/mol. The number of aliphatic hydroxyl groups excluding tert-OH is 1. The number of hydrogen-bond donors (Lipinski definition) is 1. The molecule has 0 aromatic carbocycles. The lowest BCUT2D eigenvalue weighted by Crippen LogP contribution is -2.40. The van der Waals surface area contributed by atoms with Gasteiger partial charge in [0.15, 0.2) is 0 Å². The van der Waals surface area contributed by atoms with Gasteiger partial charge < -0.3 is 10.0 Å². The Balaban J connectivity index is 1.62.